The minimum absolute atomic E-state index is 0.133. The van der Waals surface area contributed by atoms with Crippen LogP contribution in [0.25, 0.3) is 0 Å². The Morgan fingerprint density at radius 1 is 0.972 bits per heavy atom. The molecule has 0 radical (unpaired) electrons. The van der Waals surface area contributed by atoms with Gasteiger partial charge in [-0.05, 0) is 66.6 Å². The van der Waals surface area contributed by atoms with Crippen molar-refractivity contribution >= 4 is 21.9 Å². The lowest BCUT2D eigenvalue weighted by Gasteiger charge is -2.34. The van der Waals surface area contributed by atoms with Gasteiger partial charge in [-0.15, -0.1) is 0 Å². The molecule has 2 aromatic carbocycles. The molecule has 1 aliphatic rings. The molecule has 0 aliphatic carbocycles. The Bertz CT molecular complexity index is 1160. The molecular formula is C26H34N2O7S. The van der Waals surface area contributed by atoms with Gasteiger partial charge in [-0.1, -0.05) is 19.9 Å². The minimum Gasteiger partial charge on any atom is -0.493 e. The second-order valence-corrected chi connectivity index (χ2v) is 11.1. The SMILES string of the molecule is COc1ccc(CCNC(=O)COC(=O)c2ccc(S(=O)(=O)N3C[C@H](C)C[C@@H](C)C3)cc2)cc1OC. The Balaban J connectivity index is 1.48. The lowest BCUT2D eigenvalue weighted by molar-refractivity contribution is -0.124. The summed E-state index contributed by atoms with van der Waals surface area (Å²) < 4.78 is 43.0. The van der Waals surface area contributed by atoms with Gasteiger partial charge in [0.05, 0.1) is 24.7 Å². The monoisotopic (exact) mass is 518 g/mol. The van der Waals surface area contributed by atoms with E-state index in [9.17, 15) is 18.0 Å². The number of hydrogen-bond donors (Lipinski definition) is 1. The number of piperidine rings is 1. The number of carbonyl (C=O) groups excluding carboxylic acids is 2. The lowest BCUT2D eigenvalue weighted by atomic mass is 9.94. The highest BCUT2D eigenvalue weighted by Crippen LogP contribution is 2.28. The van der Waals surface area contributed by atoms with Crippen molar-refractivity contribution in [1.82, 2.24) is 9.62 Å². The molecule has 0 spiro atoms. The summed E-state index contributed by atoms with van der Waals surface area (Å²) in [6, 6.07) is 11.1. The van der Waals surface area contributed by atoms with Gasteiger partial charge in [-0.3, -0.25) is 4.79 Å². The summed E-state index contributed by atoms with van der Waals surface area (Å²) in [5, 5.41) is 2.70. The van der Waals surface area contributed by atoms with Gasteiger partial charge in [0.2, 0.25) is 10.0 Å². The first-order valence-corrected chi connectivity index (χ1v) is 13.3. The van der Waals surface area contributed by atoms with E-state index in [0.717, 1.165) is 12.0 Å². The highest BCUT2D eigenvalue weighted by atomic mass is 32.2. The Labute approximate surface area is 212 Å². The van der Waals surface area contributed by atoms with Crippen LogP contribution < -0.4 is 14.8 Å². The van der Waals surface area contributed by atoms with Crippen LogP contribution in [-0.4, -0.2) is 65.1 Å². The molecule has 0 saturated carbocycles. The number of esters is 1. The van der Waals surface area contributed by atoms with E-state index < -0.39 is 28.5 Å². The maximum atomic E-state index is 13.0. The summed E-state index contributed by atoms with van der Waals surface area (Å²) in [5.74, 6) is 0.684. The molecule has 1 fully saturated rings. The van der Waals surface area contributed by atoms with Gasteiger partial charge in [0.25, 0.3) is 5.91 Å². The van der Waals surface area contributed by atoms with Crippen molar-refractivity contribution in [2.24, 2.45) is 11.8 Å². The van der Waals surface area contributed by atoms with Crippen molar-refractivity contribution in [3.05, 3.63) is 53.6 Å². The first-order chi connectivity index (χ1) is 17.1. The average molecular weight is 519 g/mol. The molecule has 196 valence electrons. The Kier molecular flexibility index (Phi) is 9.33. The number of benzene rings is 2. The molecule has 1 saturated heterocycles. The maximum Gasteiger partial charge on any atom is 0.338 e. The zero-order valence-corrected chi connectivity index (χ0v) is 22.0. The third-order valence-corrected chi connectivity index (χ3v) is 7.93. The largest absolute Gasteiger partial charge is 0.493 e. The summed E-state index contributed by atoms with van der Waals surface area (Å²) >= 11 is 0. The van der Waals surface area contributed by atoms with E-state index in [1.807, 2.05) is 26.0 Å². The predicted molar refractivity (Wildman–Crippen MR) is 135 cm³/mol. The predicted octanol–water partition coefficient (Wildman–Crippen LogP) is 2.89. The van der Waals surface area contributed by atoms with Gasteiger partial charge in [0.15, 0.2) is 18.1 Å². The fourth-order valence-electron chi connectivity index (χ4n) is 4.36. The van der Waals surface area contributed by atoms with Crippen molar-refractivity contribution < 1.29 is 32.2 Å². The number of methoxy groups -OCH3 is 2. The topological polar surface area (TPSA) is 111 Å². The first-order valence-electron chi connectivity index (χ1n) is 11.9. The van der Waals surface area contributed by atoms with Crippen LogP contribution in [0, 0.1) is 11.8 Å². The molecule has 10 heteroatoms. The maximum absolute atomic E-state index is 13.0. The van der Waals surface area contributed by atoms with E-state index >= 15 is 0 Å². The molecule has 3 rings (SSSR count). The number of sulfonamides is 1. The van der Waals surface area contributed by atoms with Crippen LogP contribution in [0.4, 0.5) is 0 Å². The van der Waals surface area contributed by atoms with Crippen molar-refractivity contribution in [3.63, 3.8) is 0 Å². The summed E-state index contributed by atoms with van der Waals surface area (Å²) in [6.45, 7) is 4.98. The van der Waals surface area contributed by atoms with E-state index in [-0.39, 0.29) is 10.5 Å². The number of hydrogen-bond acceptors (Lipinski definition) is 7. The smallest absolute Gasteiger partial charge is 0.338 e. The van der Waals surface area contributed by atoms with E-state index in [1.54, 1.807) is 20.3 Å². The number of rotatable bonds is 10. The molecule has 2 atom stereocenters. The van der Waals surface area contributed by atoms with Gasteiger partial charge in [0, 0.05) is 19.6 Å². The number of ether oxygens (including phenoxy) is 3. The molecule has 2 aromatic rings. The summed E-state index contributed by atoms with van der Waals surface area (Å²) in [4.78, 5) is 24.6. The molecule has 36 heavy (non-hydrogen) atoms. The Morgan fingerprint density at radius 2 is 1.61 bits per heavy atom. The fraction of sp³-hybridized carbons (Fsp3) is 0.462. The van der Waals surface area contributed by atoms with E-state index in [4.69, 9.17) is 14.2 Å². The number of nitrogens with zero attached hydrogens (tertiary/aromatic N) is 1. The van der Waals surface area contributed by atoms with Gasteiger partial charge in [-0.2, -0.15) is 4.31 Å². The lowest BCUT2D eigenvalue weighted by Crippen LogP contribution is -2.42. The summed E-state index contributed by atoms with van der Waals surface area (Å²) in [5.41, 5.74) is 1.13. The number of amides is 1. The van der Waals surface area contributed by atoms with Gasteiger partial charge < -0.3 is 19.5 Å². The number of nitrogens with one attached hydrogen (secondary N) is 1. The summed E-state index contributed by atoms with van der Waals surface area (Å²) in [6.07, 6.45) is 1.56. The zero-order chi connectivity index (χ0) is 26.3. The van der Waals surface area contributed by atoms with E-state index in [1.165, 1.54) is 28.6 Å². The van der Waals surface area contributed by atoms with Crippen molar-refractivity contribution in [3.8, 4) is 11.5 Å². The standard InChI is InChI=1S/C26H34N2O7S/c1-18-13-19(2)16-28(15-18)36(31,32)22-8-6-21(7-9-22)26(30)35-17-25(29)27-12-11-20-5-10-23(33-3)24(14-20)34-4/h5-10,14,18-19H,11-13,15-17H2,1-4H3,(H,27,29)/t18-,19-/m1/s1. The second kappa shape index (κ2) is 12.2. The van der Waals surface area contributed by atoms with Crippen LogP contribution in [-0.2, 0) is 26.0 Å². The van der Waals surface area contributed by atoms with Crippen LogP contribution in [0.15, 0.2) is 47.4 Å². The van der Waals surface area contributed by atoms with Crippen LogP contribution in [0.5, 0.6) is 11.5 Å². The van der Waals surface area contributed by atoms with Gasteiger partial charge >= 0.3 is 5.97 Å². The molecular weight excluding hydrogens is 484 g/mol. The molecule has 1 N–H and O–H groups in total. The highest BCUT2D eigenvalue weighted by molar-refractivity contribution is 7.89. The van der Waals surface area contributed by atoms with Crippen LogP contribution in [0.2, 0.25) is 0 Å². The molecule has 0 unspecified atom stereocenters. The van der Waals surface area contributed by atoms with E-state index in [2.05, 4.69) is 5.32 Å². The molecule has 1 amide bonds. The average Bonchev–Trinajstić information content (AvgIpc) is 2.86. The summed E-state index contributed by atoms with van der Waals surface area (Å²) in [7, 11) is -0.519. The molecule has 0 aromatic heterocycles. The second-order valence-electron chi connectivity index (χ2n) is 9.16. The molecule has 1 heterocycles. The van der Waals surface area contributed by atoms with Crippen molar-refractivity contribution in [2.75, 3.05) is 40.5 Å². The molecule has 1 aliphatic heterocycles. The third kappa shape index (κ3) is 6.98. The van der Waals surface area contributed by atoms with E-state index in [0.29, 0.717) is 49.4 Å². The van der Waals surface area contributed by atoms with Crippen LogP contribution >= 0.6 is 0 Å². The normalized spacial score (nSPS) is 18.3. The molecule has 9 nitrogen and oxygen atoms in total. The zero-order valence-electron chi connectivity index (χ0n) is 21.2. The molecule has 0 bridgehead atoms. The third-order valence-electron chi connectivity index (χ3n) is 6.08. The quantitative estimate of drug-likeness (QED) is 0.482. The minimum atomic E-state index is -3.64. The fourth-order valence-corrected chi connectivity index (χ4v) is 6.04. The van der Waals surface area contributed by atoms with Crippen LogP contribution in [0.3, 0.4) is 0 Å². The first kappa shape index (κ1) is 27.5. The Morgan fingerprint density at radius 3 is 2.22 bits per heavy atom. The highest BCUT2D eigenvalue weighted by Gasteiger charge is 2.31. The van der Waals surface area contributed by atoms with Crippen molar-refractivity contribution in [2.45, 2.75) is 31.6 Å². The van der Waals surface area contributed by atoms with Gasteiger partial charge in [-0.25, -0.2) is 13.2 Å². The van der Waals surface area contributed by atoms with Crippen molar-refractivity contribution in [1.29, 1.82) is 0 Å². The Hall–Kier alpha value is -3.11. The number of carbonyl (C=O) groups is 2. The van der Waals surface area contributed by atoms with Gasteiger partial charge in [0.1, 0.15) is 0 Å². The van der Waals surface area contributed by atoms with Crippen LogP contribution in [0.1, 0.15) is 36.2 Å².